The number of carbonyl (C=O) groups is 1. The van der Waals surface area contributed by atoms with Crippen molar-refractivity contribution in [3.05, 3.63) is 18.2 Å². The first kappa shape index (κ1) is 11.2. The summed E-state index contributed by atoms with van der Waals surface area (Å²) in [5.41, 5.74) is 0. The van der Waals surface area contributed by atoms with Crippen molar-refractivity contribution in [2.24, 2.45) is 5.92 Å². The SMILES string of the molecule is O=C(NCCCc1ncc[nH]1)C1CCCC1. The van der Waals surface area contributed by atoms with Crippen molar-refractivity contribution in [1.82, 2.24) is 15.3 Å². The zero-order chi connectivity index (χ0) is 11.2. The number of nitrogens with zero attached hydrogens (tertiary/aromatic N) is 1. The summed E-state index contributed by atoms with van der Waals surface area (Å²) in [6, 6.07) is 0. The smallest absolute Gasteiger partial charge is 0.223 e. The predicted octanol–water partition coefficient (Wildman–Crippen LogP) is 1.65. The van der Waals surface area contributed by atoms with Crippen molar-refractivity contribution in [2.75, 3.05) is 6.54 Å². The third-order valence-electron chi connectivity index (χ3n) is 3.17. The Balaban J connectivity index is 1.59. The molecule has 1 fully saturated rings. The van der Waals surface area contributed by atoms with Gasteiger partial charge in [-0.25, -0.2) is 4.98 Å². The molecule has 4 heteroatoms. The highest BCUT2D eigenvalue weighted by Gasteiger charge is 2.21. The third-order valence-corrected chi connectivity index (χ3v) is 3.17. The number of hydrogen-bond donors (Lipinski definition) is 2. The van der Waals surface area contributed by atoms with Crippen molar-refractivity contribution >= 4 is 5.91 Å². The highest BCUT2D eigenvalue weighted by atomic mass is 16.1. The van der Waals surface area contributed by atoms with E-state index in [-0.39, 0.29) is 11.8 Å². The fourth-order valence-electron chi connectivity index (χ4n) is 2.23. The van der Waals surface area contributed by atoms with Crippen LogP contribution in [0.25, 0.3) is 0 Å². The van der Waals surface area contributed by atoms with Crippen LogP contribution < -0.4 is 5.32 Å². The molecule has 16 heavy (non-hydrogen) atoms. The zero-order valence-electron chi connectivity index (χ0n) is 9.54. The lowest BCUT2D eigenvalue weighted by molar-refractivity contribution is -0.124. The van der Waals surface area contributed by atoms with Gasteiger partial charge in [0.05, 0.1) is 0 Å². The number of carbonyl (C=O) groups excluding carboxylic acids is 1. The van der Waals surface area contributed by atoms with Gasteiger partial charge in [0.2, 0.25) is 5.91 Å². The van der Waals surface area contributed by atoms with Crippen LogP contribution in [0.1, 0.15) is 37.9 Å². The molecule has 0 spiro atoms. The second kappa shape index (κ2) is 5.68. The molecule has 2 N–H and O–H groups in total. The number of hydrogen-bond acceptors (Lipinski definition) is 2. The number of aryl methyl sites for hydroxylation is 1. The molecule has 0 aliphatic heterocycles. The first-order chi connectivity index (χ1) is 7.86. The van der Waals surface area contributed by atoms with Gasteiger partial charge in [-0.2, -0.15) is 0 Å². The summed E-state index contributed by atoms with van der Waals surface area (Å²) in [6.45, 7) is 0.760. The van der Waals surface area contributed by atoms with Gasteiger partial charge in [-0.1, -0.05) is 12.8 Å². The Hall–Kier alpha value is -1.32. The molecule has 1 aromatic rings. The summed E-state index contributed by atoms with van der Waals surface area (Å²) < 4.78 is 0. The molecule has 1 aliphatic rings. The van der Waals surface area contributed by atoms with Crippen LogP contribution in [-0.2, 0) is 11.2 Å². The first-order valence-corrected chi connectivity index (χ1v) is 6.12. The molecular weight excluding hydrogens is 202 g/mol. The minimum atomic E-state index is 0.247. The number of aromatic amines is 1. The van der Waals surface area contributed by atoms with Crippen molar-refractivity contribution in [2.45, 2.75) is 38.5 Å². The summed E-state index contributed by atoms with van der Waals surface area (Å²) in [4.78, 5) is 18.9. The molecule has 0 radical (unpaired) electrons. The summed E-state index contributed by atoms with van der Waals surface area (Å²) in [5, 5.41) is 3.01. The van der Waals surface area contributed by atoms with Gasteiger partial charge in [0.15, 0.2) is 0 Å². The van der Waals surface area contributed by atoms with E-state index in [2.05, 4.69) is 15.3 Å². The fraction of sp³-hybridized carbons (Fsp3) is 0.667. The van der Waals surface area contributed by atoms with Gasteiger partial charge in [0, 0.05) is 31.3 Å². The van der Waals surface area contributed by atoms with Crippen molar-refractivity contribution in [3.8, 4) is 0 Å². The van der Waals surface area contributed by atoms with E-state index in [0.717, 1.165) is 38.1 Å². The van der Waals surface area contributed by atoms with E-state index < -0.39 is 0 Å². The van der Waals surface area contributed by atoms with Gasteiger partial charge in [0.1, 0.15) is 5.82 Å². The molecule has 0 bridgehead atoms. The molecule has 1 heterocycles. The Labute approximate surface area is 95.9 Å². The molecule has 1 saturated carbocycles. The third kappa shape index (κ3) is 3.08. The molecule has 1 amide bonds. The number of rotatable bonds is 5. The summed E-state index contributed by atoms with van der Waals surface area (Å²) in [5.74, 6) is 1.52. The molecule has 4 nitrogen and oxygen atoms in total. The quantitative estimate of drug-likeness (QED) is 0.743. The van der Waals surface area contributed by atoms with E-state index in [1.54, 1.807) is 6.20 Å². The Morgan fingerprint density at radius 3 is 3.00 bits per heavy atom. The van der Waals surface area contributed by atoms with Crippen molar-refractivity contribution < 1.29 is 4.79 Å². The second-order valence-corrected chi connectivity index (χ2v) is 4.41. The second-order valence-electron chi connectivity index (χ2n) is 4.41. The van der Waals surface area contributed by atoms with Crippen LogP contribution in [0, 0.1) is 5.92 Å². The minimum Gasteiger partial charge on any atom is -0.356 e. The molecule has 1 aromatic heterocycles. The Kier molecular flexibility index (Phi) is 3.97. The van der Waals surface area contributed by atoms with E-state index >= 15 is 0 Å². The van der Waals surface area contributed by atoms with Crippen LogP contribution in [0.5, 0.6) is 0 Å². The number of amides is 1. The van der Waals surface area contributed by atoms with Crippen LogP contribution in [0.15, 0.2) is 12.4 Å². The van der Waals surface area contributed by atoms with Crippen molar-refractivity contribution in [3.63, 3.8) is 0 Å². The maximum Gasteiger partial charge on any atom is 0.223 e. The zero-order valence-corrected chi connectivity index (χ0v) is 9.54. The standard InChI is InChI=1S/C12H19N3O/c16-12(10-4-1-2-5-10)15-7-3-6-11-13-8-9-14-11/h8-10H,1-7H2,(H,13,14)(H,15,16). The van der Waals surface area contributed by atoms with Gasteiger partial charge >= 0.3 is 0 Å². The molecule has 0 aromatic carbocycles. The number of H-pyrrole nitrogens is 1. The maximum atomic E-state index is 11.7. The molecule has 0 saturated heterocycles. The Bertz CT molecular complexity index is 315. The molecule has 1 aliphatic carbocycles. The highest BCUT2D eigenvalue weighted by molar-refractivity contribution is 5.78. The van der Waals surface area contributed by atoms with Crippen molar-refractivity contribution in [1.29, 1.82) is 0 Å². The summed E-state index contributed by atoms with van der Waals surface area (Å²) in [7, 11) is 0. The molecule has 0 unspecified atom stereocenters. The highest BCUT2D eigenvalue weighted by Crippen LogP contribution is 2.24. The normalized spacial score (nSPS) is 16.5. The lowest BCUT2D eigenvalue weighted by Gasteiger charge is -2.09. The number of nitrogens with one attached hydrogen (secondary N) is 2. The molecule has 0 atom stereocenters. The predicted molar refractivity (Wildman–Crippen MR) is 61.9 cm³/mol. The Morgan fingerprint density at radius 2 is 2.31 bits per heavy atom. The largest absolute Gasteiger partial charge is 0.356 e. The van der Waals surface area contributed by atoms with Crippen LogP contribution >= 0.6 is 0 Å². The van der Waals surface area contributed by atoms with Crippen LogP contribution in [0.2, 0.25) is 0 Å². The van der Waals surface area contributed by atoms with Crippen LogP contribution in [-0.4, -0.2) is 22.4 Å². The maximum absolute atomic E-state index is 11.7. The number of imidazole rings is 1. The van der Waals surface area contributed by atoms with Crippen LogP contribution in [0.4, 0.5) is 0 Å². The topological polar surface area (TPSA) is 57.8 Å². The monoisotopic (exact) mass is 221 g/mol. The lowest BCUT2D eigenvalue weighted by Crippen LogP contribution is -2.30. The molecule has 88 valence electrons. The van der Waals surface area contributed by atoms with Gasteiger partial charge in [0.25, 0.3) is 0 Å². The molecular formula is C12H19N3O. The average Bonchev–Trinajstić information content (AvgIpc) is 2.96. The number of aromatic nitrogens is 2. The Morgan fingerprint density at radius 1 is 1.50 bits per heavy atom. The van der Waals surface area contributed by atoms with Gasteiger partial charge in [-0.05, 0) is 19.3 Å². The van der Waals surface area contributed by atoms with E-state index in [4.69, 9.17) is 0 Å². The first-order valence-electron chi connectivity index (χ1n) is 6.12. The van der Waals surface area contributed by atoms with Crippen LogP contribution in [0.3, 0.4) is 0 Å². The van der Waals surface area contributed by atoms with Gasteiger partial charge in [-0.15, -0.1) is 0 Å². The molecule has 2 rings (SSSR count). The van der Waals surface area contributed by atoms with E-state index in [1.807, 2.05) is 6.20 Å². The van der Waals surface area contributed by atoms with Gasteiger partial charge in [-0.3, -0.25) is 4.79 Å². The fourth-order valence-corrected chi connectivity index (χ4v) is 2.23. The van der Waals surface area contributed by atoms with Gasteiger partial charge < -0.3 is 10.3 Å². The van der Waals surface area contributed by atoms with E-state index in [9.17, 15) is 4.79 Å². The average molecular weight is 221 g/mol. The lowest BCUT2D eigenvalue weighted by atomic mass is 10.1. The van der Waals surface area contributed by atoms with E-state index in [0.29, 0.717) is 0 Å². The summed E-state index contributed by atoms with van der Waals surface area (Å²) >= 11 is 0. The minimum absolute atomic E-state index is 0.247. The van der Waals surface area contributed by atoms with E-state index in [1.165, 1.54) is 12.8 Å². The summed E-state index contributed by atoms with van der Waals surface area (Å²) in [6.07, 6.45) is 10.0.